The number of benzene rings is 1. The van der Waals surface area contributed by atoms with E-state index in [-0.39, 0.29) is 24.0 Å². The van der Waals surface area contributed by atoms with Crippen molar-refractivity contribution in [2.45, 2.75) is 37.3 Å². The highest BCUT2D eigenvalue weighted by Crippen LogP contribution is 2.32. The van der Waals surface area contributed by atoms with Crippen molar-refractivity contribution in [1.82, 2.24) is 9.97 Å². The number of carbonyl (C=O) groups is 3. The number of ketones is 1. The van der Waals surface area contributed by atoms with Crippen LogP contribution in [0.1, 0.15) is 41.6 Å². The van der Waals surface area contributed by atoms with Gasteiger partial charge in [0.25, 0.3) is 5.91 Å². The van der Waals surface area contributed by atoms with Gasteiger partial charge in [-0.15, -0.1) is 0 Å². The quantitative estimate of drug-likeness (QED) is 0.444. The minimum absolute atomic E-state index is 0.134. The smallest absolute Gasteiger partial charge is 0.356 e. The Hall–Kier alpha value is -2.81. The minimum Gasteiger partial charge on any atom is -0.479 e. The molecule has 2 N–H and O–H groups in total. The van der Waals surface area contributed by atoms with Crippen molar-refractivity contribution in [3.63, 3.8) is 0 Å². The van der Waals surface area contributed by atoms with Crippen LogP contribution in [0.3, 0.4) is 0 Å². The molecule has 0 spiro atoms. The summed E-state index contributed by atoms with van der Waals surface area (Å²) in [5, 5.41) is 2.72. The molecule has 2 unspecified atom stereocenters. The summed E-state index contributed by atoms with van der Waals surface area (Å²) in [4.78, 5) is 43.1. The number of imidazole rings is 1. The molecule has 0 bridgehead atoms. The Balaban J connectivity index is 1.70. The van der Waals surface area contributed by atoms with Crippen LogP contribution < -0.4 is 10.1 Å². The summed E-state index contributed by atoms with van der Waals surface area (Å²) >= 11 is 1.20. The first-order chi connectivity index (χ1) is 12.9. The van der Waals surface area contributed by atoms with Gasteiger partial charge < -0.3 is 19.8 Å². The van der Waals surface area contributed by atoms with E-state index in [0.717, 1.165) is 0 Å². The molecule has 1 aromatic carbocycles. The van der Waals surface area contributed by atoms with Gasteiger partial charge in [-0.1, -0.05) is 11.8 Å². The molecule has 2 heterocycles. The molecular weight excluding hydrogens is 370 g/mol. The highest BCUT2D eigenvalue weighted by atomic mass is 32.2. The zero-order valence-electron chi connectivity index (χ0n) is 15.1. The molecule has 0 saturated carbocycles. The molecule has 1 amide bonds. The van der Waals surface area contributed by atoms with Gasteiger partial charge in [-0.3, -0.25) is 9.59 Å². The van der Waals surface area contributed by atoms with Crippen LogP contribution in [0.25, 0.3) is 0 Å². The number of rotatable bonds is 6. The number of hydrogen-bond acceptors (Lipinski definition) is 7. The van der Waals surface area contributed by atoms with Gasteiger partial charge in [0, 0.05) is 5.56 Å². The summed E-state index contributed by atoms with van der Waals surface area (Å²) in [5.41, 5.74) is 1.16. The third-order valence-electron chi connectivity index (χ3n) is 3.90. The van der Waals surface area contributed by atoms with Gasteiger partial charge in [-0.25, -0.2) is 9.78 Å². The first-order valence-corrected chi connectivity index (χ1v) is 9.31. The maximum Gasteiger partial charge on any atom is 0.356 e. The van der Waals surface area contributed by atoms with Crippen molar-refractivity contribution < 1.29 is 23.9 Å². The molecule has 1 aromatic heterocycles. The number of aromatic nitrogens is 2. The molecule has 1 aliphatic rings. The fourth-order valence-electron chi connectivity index (χ4n) is 2.49. The zero-order chi connectivity index (χ0) is 19.6. The summed E-state index contributed by atoms with van der Waals surface area (Å²) in [6, 6.07) is 4.93. The number of thioether (sulfide) groups is 1. The van der Waals surface area contributed by atoms with Crippen LogP contribution in [-0.4, -0.2) is 45.6 Å². The monoisotopic (exact) mass is 389 g/mol. The lowest BCUT2D eigenvalue weighted by Gasteiger charge is -2.23. The molecule has 0 radical (unpaired) electrons. The molecule has 0 saturated heterocycles. The number of Topliss-reactive ketones (excluding diaryl/α,β-unsaturated/α-hetero) is 1. The predicted molar refractivity (Wildman–Crippen MR) is 99.4 cm³/mol. The summed E-state index contributed by atoms with van der Waals surface area (Å²) in [6.45, 7) is 5.39. The van der Waals surface area contributed by atoms with Gasteiger partial charge in [-0.2, -0.15) is 0 Å². The molecule has 0 aliphatic carbocycles. The van der Waals surface area contributed by atoms with E-state index in [1.165, 1.54) is 18.0 Å². The SMILES string of the molecule is CCOC(=O)c1cnc(SC(C)C(=O)c2ccc3c(c2)NC(=O)C(C)O3)[nH]1. The number of amides is 1. The first kappa shape index (κ1) is 19.0. The van der Waals surface area contributed by atoms with Gasteiger partial charge in [0.1, 0.15) is 11.4 Å². The third kappa shape index (κ3) is 4.13. The lowest BCUT2D eigenvalue weighted by Crippen LogP contribution is -2.34. The number of carbonyl (C=O) groups excluding carboxylic acids is 3. The van der Waals surface area contributed by atoms with E-state index in [1.54, 1.807) is 39.0 Å². The first-order valence-electron chi connectivity index (χ1n) is 8.43. The third-order valence-corrected chi connectivity index (χ3v) is 4.90. The number of H-pyrrole nitrogens is 1. The Morgan fingerprint density at radius 2 is 2.19 bits per heavy atom. The van der Waals surface area contributed by atoms with Gasteiger partial charge in [0.15, 0.2) is 17.0 Å². The fourth-order valence-corrected chi connectivity index (χ4v) is 3.35. The Bertz CT molecular complexity index is 895. The van der Waals surface area contributed by atoms with Gasteiger partial charge in [0.2, 0.25) is 0 Å². The molecule has 9 heteroatoms. The number of anilines is 1. The normalized spacial score (nSPS) is 16.7. The van der Waals surface area contributed by atoms with E-state index in [1.807, 2.05) is 0 Å². The Labute approximate surface area is 160 Å². The molecule has 8 nitrogen and oxygen atoms in total. The molecule has 142 valence electrons. The number of hydrogen-bond donors (Lipinski definition) is 2. The molecule has 3 rings (SSSR count). The lowest BCUT2D eigenvalue weighted by atomic mass is 10.1. The molecule has 2 aromatic rings. The summed E-state index contributed by atoms with van der Waals surface area (Å²) in [7, 11) is 0. The van der Waals surface area contributed by atoms with E-state index in [0.29, 0.717) is 22.2 Å². The van der Waals surface area contributed by atoms with Gasteiger partial charge >= 0.3 is 5.97 Å². The Kier molecular flexibility index (Phi) is 5.50. The second kappa shape index (κ2) is 7.83. The molecule has 0 fully saturated rings. The minimum atomic E-state index is -0.568. The number of nitrogens with one attached hydrogen (secondary N) is 2. The average Bonchev–Trinajstić information content (AvgIpc) is 3.10. The van der Waals surface area contributed by atoms with Crippen LogP contribution in [0, 0.1) is 0 Å². The van der Waals surface area contributed by atoms with Gasteiger partial charge in [0.05, 0.1) is 23.7 Å². The number of ether oxygens (including phenoxy) is 2. The van der Waals surface area contributed by atoms with E-state index in [2.05, 4.69) is 15.3 Å². The van der Waals surface area contributed by atoms with E-state index in [9.17, 15) is 14.4 Å². The second-order valence-electron chi connectivity index (χ2n) is 5.91. The molecule has 27 heavy (non-hydrogen) atoms. The number of nitrogens with zero attached hydrogens (tertiary/aromatic N) is 1. The lowest BCUT2D eigenvalue weighted by molar-refractivity contribution is -0.122. The van der Waals surface area contributed by atoms with Crippen molar-refractivity contribution in [1.29, 1.82) is 0 Å². The highest BCUT2D eigenvalue weighted by Gasteiger charge is 2.26. The van der Waals surface area contributed by atoms with Crippen LogP contribution in [-0.2, 0) is 9.53 Å². The van der Waals surface area contributed by atoms with E-state index < -0.39 is 17.3 Å². The molecule has 2 atom stereocenters. The van der Waals surface area contributed by atoms with Gasteiger partial charge in [-0.05, 0) is 39.0 Å². The standard InChI is InChI=1S/C18H19N3O5S/c1-4-25-17(24)13-8-19-18(21-13)27-10(3)15(22)11-5-6-14-12(7-11)20-16(23)9(2)26-14/h5-10H,4H2,1-3H3,(H,19,21)(H,20,23). The zero-order valence-corrected chi connectivity index (χ0v) is 15.9. The number of fused-ring (bicyclic) bond motifs is 1. The van der Waals surface area contributed by atoms with E-state index in [4.69, 9.17) is 9.47 Å². The maximum atomic E-state index is 12.7. The highest BCUT2D eigenvalue weighted by molar-refractivity contribution is 8.00. The summed E-state index contributed by atoms with van der Waals surface area (Å²) in [6.07, 6.45) is 0.811. The topological polar surface area (TPSA) is 110 Å². The molecular formula is C18H19N3O5S. The van der Waals surface area contributed by atoms with Crippen molar-refractivity contribution in [2.24, 2.45) is 0 Å². The van der Waals surface area contributed by atoms with Crippen LogP contribution in [0.2, 0.25) is 0 Å². The molecule has 1 aliphatic heterocycles. The van der Waals surface area contributed by atoms with E-state index >= 15 is 0 Å². The van der Waals surface area contributed by atoms with Crippen molar-refractivity contribution in [2.75, 3.05) is 11.9 Å². The Morgan fingerprint density at radius 1 is 1.41 bits per heavy atom. The number of aromatic amines is 1. The largest absolute Gasteiger partial charge is 0.479 e. The fraction of sp³-hybridized carbons (Fsp3) is 0.333. The van der Waals surface area contributed by atoms with Crippen molar-refractivity contribution in [3.05, 3.63) is 35.7 Å². The second-order valence-corrected chi connectivity index (χ2v) is 7.24. The summed E-state index contributed by atoms with van der Waals surface area (Å²) < 4.78 is 10.4. The average molecular weight is 389 g/mol. The van der Waals surface area contributed by atoms with Crippen molar-refractivity contribution in [3.8, 4) is 5.75 Å². The van der Waals surface area contributed by atoms with Crippen LogP contribution in [0.4, 0.5) is 5.69 Å². The Morgan fingerprint density at radius 3 is 2.93 bits per heavy atom. The van der Waals surface area contributed by atoms with Crippen LogP contribution in [0.15, 0.2) is 29.6 Å². The predicted octanol–water partition coefficient (Wildman–Crippen LogP) is 2.67. The maximum absolute atomic E-state index is 12.7. The van der Waals surface area contributed by atoms with Crippen LogP contribution in [0.5, 0.6) is 5.75 Å². The number of esters is 1. The summed E-state index contributed by atoms with van der Waals surface area (Å²) in [5.74, 6) is -0.346. The van der Waals surface area contributed by atoms with Crippen molar-refractivity contribution >= 4 is 35.1 Å². The van der Waals surface area contributed by atoms with Crippen LogP contribution >= 0.6 is 11.8 Å².